The molecule has 1 rings (SSSR count). The molecule has 1 aromatic rings. The van der Waals surface area contributed by atoms with E-state index in [1.165, 1.54) is 6.07 Å². The lowest BCUT2D eigenvalue weighted by Crippen LogP contribution is -2.31. The van der Waals surface area contributed by atoms with E-state index in [0.717, 1.165) is 6.54 Å². The van der Waals surface area contributed by atoms with Crippen LogP contribution < -0.4 is 16.2 Å². The van der Waals surface area contributed by atoms with Crippen LogP contribution in [0.2, 0.25) is 0 Å². The van der Waals surface area contributed by atoms with Crippen molar-refractivity contribution in [2.24, 2.45) is 5.14 Å². The molecule has 0 aliphatic carbocycles. The number of benzene rings is 1. The fourth-order valence-electron chi connectivity index (χ4n) is 1.57. The van der Waals surface area contributed by atoms with Crippen LogP contribution in [0.15, 0.2) is 23.1 Å². The van der Waals surface area contributed by atoms with Crippen LogP contribution in [0.1, 0.15) is 13.8 Å². The fourth-order valence-corrected chi connectivity index (χ4v) is 2.26. The summed E-state index contributed by atoms with van der Waals surface area (Å²) in [5.74, 6) is 0. The van der Waals surface area contributed by atoms with E-state index >= 15 is 0 Å². The Morgan fingerprint density at radius 1 is 1.37 bits per heavy atom. The van der Waals surface area contributed by atoms with Crippen LogP contribution in [0.5, 0.6) is 0 Å². The van der Waals surface area contributed by atoms with Crippen LogP contribution in [0.4, 0.5) is 11.4 Å². The molecule has 0 aliphatic rings. The molecule has 0 aromatic heterocycles. The molecule has 0 saturated carbocycles. The molecule has 0 unspecified atom stereocenters. The van der Waals surface area contributed by atoms with E-state index < -0.39 is 10.0 Å². The van der Waals surface area contributed by atoms with Crippen molar-refractivity contribution >= 4 is 21.4 Å². The number of hydrogen-bond acceptors (Lipinski definition) is 5. The Morgan fingerprint density at radius 2 is 2.00 bits per heavy atom. The first kappa shape index (κ1) is 15.7. The smallest absolute Gasteiger partial charge is 0.240 e. The Kier molecular flexibility index (Phi) is 5.16. The highest BCUT2D eigenvalue weighted by atomic mass is 32.2. The van der Waals surface area contributed by atoms with Gasteiger partial charge in [0.1, 0.15) is 4.90 Å². The first-order chi connectivity index (χ1) is 8.73. The zero-order chi connectivity index (χ0) is 14.6. The van der Waals surface area contributed by atoms with Gasteiger partial charge in [-0.15, -0.1) is 0 Å². The van der Waals surface area contributed by atoms with E-state index in [1.54, 1.807) is 12.1 Å². The Hall–Kier alpha value is -1.31. The Labute approximate surface area is 114 Å². The third kappa shape index (κ3) is 4.38. The minimum absolute atomic E-state index is 0.0466. The fraction of sp³-hybridized carbons (Fsp3) is 0.500. The van der Waals surface area contributed by atoms with E-state index in [4.69, 9.17) is 10.9 Å². The quantitative estimate of drug-likeness (QED) is 0.667. The van der Waals surface area contributed by atoms with Gasteiger partial charge in [-0.25, -0.2) is 13.6 Å². The maximum absolute atomic E-state index is 11.3. The van der Waals surface area contributed by atoms with Gasteiger partial charge in [0.25, 0.3) is 0 Å². The number of likely N-dealkylation sites (N-methyl/N-ethyl adjacent to an activating group) is 1. The standard InChI is InChI=1S/C12H22N4O2S/c1-9(2)16(3)8-7-15-10-5-4-6-11(12(10)13)19(14,17)18/h4-6,9,15H,7-8,13H2,1-3H3,(H2,14,17,18). The highest BCUT2D eigenvalue weighted by Crippen LogP contribution is 2.25. The van der Waals surface area contributed by atoms with Gasteiger partial charge >= 0.3 is 0 Å². The number of para-hydroxylation sites is 1. The molecule has 7 heteroatoms. The van der Waals surface area contributed by atoms with Crippen LogP contribution in [0.25, 0.3) is 0 Å². The van der Waals surface area contributed by atoms with E-state index in [9.17, 15) is 8.42 Å². The van der Waals surface area contributed by atoms with Gasteiger partial charge in [-0.05, 0) is 33.0 Å². The molecule has 0 spiro atoms. The lowest BCUT2D eigenvalue weighted by Gasteiger charge is -2.21. The van der Waals surface area contributed by atoms with Crippen molar-refractivity contribution in [3.8, 4) is 0 Å². The molecule has 0 aliphatic heterocycles. The average molecular weight is 286 g/mol. The Balaban J connectivity index is 2.76. The van der Waals surface area contributed by atoms with Gasteiger partial charge in [-0.3, -0.25) is 0 Å². The van der Waals surface area contributed by atoms with Gasteiger partial charge < -0.3 is 16.0 Å². The van der Waals surface area contributed by atoms with Crippen molar-refractivity contribution < 1.29 is 8.42 Å². The maximum atomic E-state index is 11.3. The minimum atomic E-state index is -3.79. The first-order valence-corrected chi connectivity index (χ1v) is 7.63. The van der Waals surface area contributed by atoms with Crippen LogP contribution in [-0.4, -0.2) is 39.5 Å². The number of nitrogen functional groups attached to an aromatic ring is 1. The molecular formula is C12H22N4O2S. The van der Waals surface area contributed by atoms with Gasteiger partial charge in [-0.2, -0.15) is 0 Å². The van der Waals surface area contributed by atoms with E-state index in [0.29, 0.717) is 18.3 Å². The number of nitrogens with zero attached hydrogens (tertiary/aromatic N) is 1. The van der Waals surface area contributed by atoms with Crippen LogP contribution in [-0.2, 0) is 10.0 Å². The second-order valence-corrected chi connectivity index (χ2v) is 6.29. The molecule has 19 heavy (non-hydrogen) atoms. The molecule has 108 valence electrons. The van der Waals surface area contributed by atoms with Gasteiger partial charge in [0.05, 0.1) is 11.4 Å². The molecule has 0 heterocycles. The SMILES string of the molecule is CC(C)N(C)CCNc1cccc(S(N)(=O)=O)c1N. The normalized spacial score (nSPS) is 12.1. The van der Waals surface area contributed by atoms with Crippen molar-refractivity contribution in [2.45, 2.75) is 24.8 Å². The summed E-state index contributed by atoms with van der Waals surface area (Å²) in [6.45, 7) is 5.72. The zero-order valence-corrected chi connectivity index (χ0v) is 12.4. The predicted octanol–water partition coefficient (Wildman–Crippen LogP) is 0.668. The molecule has 5 N–H and O–H groups in total. The van der Waals surface area contributed by atoms with Crippen molar-refractivity contribution in [3.05, 3.63) is 18.2 Å². The summed E-state index contributed by atoms with van der Waals surface area (Å²) in [5.41, 5.74) is 6.56. The number of sulfonamides is 1. The number of nitrogens with two attached hydrogens (primary N) is 2. The van der Waals surface area contributed by atoms with Crippen molar-refractivity contribution in [3.63, 3.8) is 0 Å². The third-order valence-electron chi connectivity index (χ3n) is 3.03. The number of anilines is 2. The molecule has 0 radical (unpaired) electrons. The number of nitrogens with one attached hydrogen (secondary N) is 1. The largest absolute Gasteiger partial charge is 0.396 e. The van der Waals surface area contributed by atoms with Crippen LogP contribution in [0.3, 0.4) is 0 Å². The maximum Gasteiger partial charge on any atom is 0.240 e. The summed E-state index contributed by atoms with van der Waals surface area (Å²) in [5, 5.41) is 8.22. The number of hydrogen-bond donors (Lipinski definition) is 3. The molecule has 0 bridgehead atoms. The lowest BCUT2D eigenvalue weighted by molar-refractivity contribution is 0.284. The Morgan fingerprint density at radius 3 is 2.53 bits per heavy atom. The van der Waals surface area contributed by atoms with E-state index in [1.807, 2.05) is 7.05 Å². The summed E-state index contributed by atoms with van der Waals surface area (Å²) in [6.07, 6.45) is 0. The first-order valence-electron chi connectivity index (χ1n) is 6.09. The summed E-state index contributed by atoms with van der Waals surface area (Å²) in [6, 6.07) is 5.20. The van der Waals surface area contributed by atoms with E-state index in [2.05, 4.69) is 24.1 Å². The Bertz CT molecular complexity index is 529. The average Bonchev–Trinajstić information content (AvgIpc) is 2.29. The van der Waals surface area contributed by atoms with Crippen molar-refractivity contribution in [1.29, 1.82) is 0 Å². The summed E-state index contributed by atoms with van der Waals surface area (Å²) in [4.78, 5) is 2.13. The van der Waals surface area contributed by atoms with Crippen molar-refractivity contribution in [1.82, 2.24) is 4.90 Å². The second-order valence-electron chi connectivity index (χ2n) is 4.76. The molecule has 0 saturated heterocycles. The molecule has 0 amide bonds. The van der Waals surface area contributed by atoms with Gasteiger partial charge in [-0.1, -0.05) is 6.07 Å². The van der Waals surface area contributed by atoms with Crippen molar-refractivity contribution in [2.75, 3.05) is 31.2 Å². The zero-order valence-electron chi connectivity index (χ0n) is 11.6. The predicted molar refractivity (Wildman–Crippen MR) is 78.5 cm³/mol. The number of primary sulfonamides is 1. The molecule has 1 aromatic carbocycles. The highest BCUT2D eigenvalue weighted by Gasteiger charge is 2.14. The summed E-state index contributed by atoms with van der Waals surface area (Å²) < 4.78 is 22.7. The summed E-state index contributed by atoms with van der Waals surface area (Å²) >= 11 is 0. The highest BCUT2D eigenvalue weighted by molar-refractivity contribution is 7.89. The van der Waals surface area contributed by atoms with Crippen LogP contribution in [0, 0.1) is 0 Å². The monoisotopic (exact) mass is 286 g/mol. The number of rotatable bonds is 6. The molecular weight excluding hydrogens is 264 g/mol. The van der Waals surface area contributed by atoms with E-state index in [-0.39, 0.29) is 10.6 Å². The summed E-state index contributed by atoms with van der Waals surface area (Å²) in [7, 11) is -1.76. The van der Waals surface area contributed by atoms with Gasteiger partial charge in [0, 0.05) is 19.1 Å². The lowest BCUT2D eigenvalue weighted by atomic mass is 10.2. The molecule has 0 fully saturated rings. The third-order valence-corrected chi connectivity index (χ3v) is 4.00. The molecule has 6 nitrogen and oxygen atoms in total. The minimum Gasteiger partial charge on any atom is -0.396 e. The van der Waals surface area contributed by atoms with Gasteiger partial charge in [0.2, 0.25) is 10.0 Å². The molecule has 0 atom stereocenters. The second kappa shape index (κ2) is 6.23. The van der Waals surface area contributed by atoms with Gasteiger partial charge in [0.15, 0.2) is 0 Å². The van der Waals surface area contributed by atoms with Crippen LogP contribution >= 0.6 is 0 Å². The topological polar surface area (TPSA) is 101 Å².